The molecular formula is C19H15N5O3S. The number of carbonyl (C=O) groups excluding carboxylic acids is 2. The summed E-state index contributed by atoms with van der Waals surface area (Å²) in [7, 11) is 0. The van der Waals surface area contributed by atoms with Gasteiger partial charge < -0.3 is 10.1 Å². The smallest absolute Gasteiger partial charge is 0.350 e. The molecule has 4 rings (SSSR count). The molecule has 1 amide bonds. The van der Waals surface area contributed by atoms with Crippen LogP contribution in [0.25, 0.3) is 16.1 Å². The van der Waals surface area contributed by atoms with Crippen molar-refractivity contribution in [3.05, 3.63) is 65.2 Å². The maximum Gasteiger partial charge on any atom is 0.350 e. The van der Waals surface area contributed by atoms with E-state index in [1.165, 1.54) is 22.0 Å². The maximum atomic E-state index is 12.7. The van der Waals surface area contributed by atoms with Gasteiger partial charge in [-0.25, -0.2) is 4.79 Å². The second kappa shape index (κ2) is 7.57. The molecule has 0 fully saturated rings. The molecule has 1 N–H and O–H groups in total. The van der Waals surface area contributed by atoms with Crippen molar-refractivity contribution in [2.24, 2.45) is 0 Å². The van der Waals surface area contributed by atoms with Crippen molar-refractivity contribution in [1.82, 2.24) is 20.0 Å². The highest BCUT2D eigenvalue weighted by atomic mass is 32.1. The monoisotopic (exact) mass is 393 g/mol. The van der Waals surface area contributed by atoms with Crippen molar-refractivity contribution in [2.75, 3.05) is 11.9 Å². The van der Waals surface area contributed by atoms with Crippen LogP contribution in [0.15, 0.2) is 54.7 Å². The summed E-state index contributed by atoms with van der Waals surface area (Å²) in [5.74, 6) is -0.846. The summed E-state index contributed by atoms with van der Waals surface area (Å²) < 4.78 is 6.55. The third kappa shape index (κ3) is 3.47. The lowest BCUT2D eigenvalue weighted by Gasteiger charge is -2.06. The molecule has 28 heavy (non-hydrogen) atoms. The van der Waals surface area contributed by atoms with E-state index in [2.05, 4.69) is 20.8 Å². The summed E-state index contributed by atoms with van der Waals surface area (Å²) in [6, 6.07) is 14.7. The molecule has 9 heteroatoms. The van der Waals surface area contributed by atoms with Crippen molar-refractivity contribution >= 4 is 34.5 Å². The molecule has 3 heterocycles. The molecule has 8 nitrogen and oxygen atoms in total. The first-order chi connectivity index (χ1) is 13.7. The molecule has 0 aliphatic heterocycles. The fraction of sp³-hybridized carbons (Fsp3) is 0.105. The second-order valence-electron chi connectivity index (χ2n) is 5.79. The zero-order valence-electron chi connectivity index (χ0n) is 14.8. The van der Waals surface area contributed by atoms with E-state index in [0.717, 1.165) is 10.4 Å². The van der Waals surface area contributed by atoms with Crippen molar-refractivity contribution in [3.8, 4) is 10.4 Å². The Labute approximate surface area is 163 Å². The highest BCUT2D eigenvalue weighted by Gasteiger charge is 2.20. The first kappa shape index (κ1) is 17.8. The largest absolute Gasteiger partial charge is 0.462 e. The highest BCUT2D eigenvalue weighted by molar-refractivity contribution is 7.18. The van der Waals surface area contributed by atoms with Crippen LogP contribution in [0.3, 0.4) is 0 Å². The molecule has 0 unspecified atom stereocenters. The molecule has 0 saturated heterocycles. The summed E-state index contributed by atoms with van der Waals surface area (Å²) in [6.45, 7) is 1.99. The normalized spacial score (nSPS) is 10.8. The van der Waals surface area contributed by atoms with E-state index in [1.807, 2.05) is 30.3 Å². The number of esters is 1. The number of hydrogen-bond donors (Lipinski definition) is 1. The van der Waals surface area contributed by atoms with Gasteiger partial charge in [-0.1, -0.05) is 30.3 Å². The molecule has 0 aliphatic rings. The van der Waals surface area contributed by atoms with E-state index in [0.29, 0.717) is 21.8 Å². The van der Waals surface area contributed by atoms with Crippen LogP contribution in [-0.2, 0) is 4.74 Å². The average molecular weight is 393 g/mol. The van der Waals surface area contributed by atoms with Crippen LogP contribution in [-0.4, -0.2) is 38.5 Å². The molecule has 0 spiro atoms. The van der Waals surface area contributed by atoms with Gasteiger partial charge in [-0.2, -0.15) is 4.52 Å². The standard InChI is InChI=1S/C19H15N5O3S/c1-2-27-19(26)17-14(10-15(28-17)12-6-4-3-5-7-12)20-18(25)13-8-9-16-21-22-23-24(16)11-13/h3-11H,2H2,1H3,(H,20,25). The first-order valence-electron chi connectivity index (χ1n) is 8.51. The number of tetrazole rings is 1. The zero-order valence-corrected chi connectivity index (χ0v) is 15.6. The summed E-state index contributed by atoms with van der Waals surface area (Å²) in [5.41, 5.74) is 2.26. The third-order valence-electron chi connectivity index (χ3n) is 3.95. The van der Waals surface area contributed by atoms with Gasteiger partial charge in [-0.3, -0.25) is 4.79 Å². The Balaban J connectivity index is 1.67. The first-order valence-corrected chi connectivity index (χ1v) is 9.33. The quantitative estimate of drug-likeness (QED) is 0.523. The summed E-state index contributed by atoms with van der Waals surface area (Å²) >= 11 is 1.27. The summed E-state index contributed by atoms with van der Waals surface area (Å²) in [5, 5.41) is 13.9. The van der Waals surface area contributed by atoms with E-state index in [-0.39, 0.29) is 12.5 Å². The Morgan fingerprint density at radius 1 is 1.18 bits per heavy atom. The van der Waals surface area contributed by atoms with Gasteiger partial charge in [0.05, 0.1) is 17.9 Å². The number of carbonyl (C=O) groups is 2. The van der Waals surface area contributed by atoms with Crippen LogP contribution in [0.5, 0.6) is 0 Å². The van der Waals surface area contributed by atoms with Crippen LogP contribution in [0.2, 0.25) is 0 Å². The molecule has 1 aromatic carbocycles. The van der Waals surface area contributed by atoms with Crippen LogP contribution < -0.4 is 5.32 Å². The molecule has 0 aliphatic carbocycles. The number of nitrogens with one attached hydrogen (secondary N) is 1. The van der Waals surface area contributed by atoms with Crippen LogP contribution in [0.1, 0.15) is 27.0 Å². The Morgan fingerprint density at radius 2 is 2.00 bits per heavy atom. The van der Waals surface area contributed by atoms with E-state index in [4.69, 9.17) is 4.74 Å². The number of fused-ring (bicyclic) bond motifs is 1. The number of anilines is 1. The van der Waals surface area contributed by atoms with Crippen LogP contribution >= 0.6 is 11.3 Å². The number of pyridine rings is 1. The van der Waals surface area contributed by atoms with Crippen LogP contribution in [0, 0.1) is 0 Å². The lowest BCUT2D eigenvalue weighted by atomic mass is 10.2. The van der Waals surface area contributed by atoms with Crippen LogP contribution in [0.4, 0.5) is 5.69 Å². The number of amides is 1. The van der Waals surface area contributed by atoms with Gasteiger partial charge in [0.1, 0.15) is 4.88 Å². The number of benzene rings is 1. The molecule has 0 radical (unpaired) electrons. The topological polar surface area (TPSA) is 98.5 Å². The fourth-order valence-corrected chi connectivity index (χ4v) is 3.66. The van der Waals surface area contributed by atoms with Gasteiger partial charge in [0.2, 0.25) is 0 Å². The number of hydrogen-bond acceptors (Lipinski definition) is 7. The lowest BCUT2D eigenvalue weighted by molar-refractivity contribution is 0.0533. The van der Waals surface area contributed by atoms with Gasteiger partial charge >= 0.3 is 5.97 Å². The van der Waals surface area contributed by atoms with Gasteiger partial charge in [0.25, 0.3) is 5.91 Å². The molecule has 0 saturated carbocycles. The zero-order chi connectivity index (χ0) is 19.5. The van der Waals surface area contributed by atoms with E-state index < -0.39 is 5.97 Å². The number of aromatic nitrogens is 4. The minimum atomic E-state index is -0.471. The van der Waals surface area contributed by atoms with E-state index in [1.54, 1.807) is 25.1 Å². The minimum Gasteiger partial charge on any atom is -0.462 e. The third-order valence-corrected chi connectivity index (χ3v) is 5.12. The molecule has 3 aromatic heterocycles. The summed E-state index contributed by atoms with van der Waals surface area (Å²) in [6.07, 6.45) is 1.53. The van der Waals surface area contributed by atoms with Crippen molar-refractivity contribution < 1.29 is 14.3 Å². The van der Waals surface area contributed by atoms with Gasteiger partial charge in [0.15, 0.2) is 5.65 Å². The molecule has 4 aromatic rings. The van der Waals surface area contributed by atoms with Gasteiger partial charge in [-0.05, 0) is 41.1 Å². The Bertz CT molecular complexity index is 1150. The molecule has 140 valence electrons. The Hall–Kier alpha value is -3.59. The van der Waals surface area contributed by atoms with E-state index >= 15 is 0 Å². The fourth-order valence-electron chi connectivity index (χ4n) is 2.65. The average Bonchev–Trinajstić information content (AvgIpc) is 3.35. The predicted molar refractivity (Wildman–Crippen MR) is 104 cm³/mol. The van der Waals surface area contributed by atoms with Gasteiger partial charge in [-0.15, -0.1) is 16.4 Å². The second-order valence-corrected chi connectivity index (χ2v) is 6.85. The van der Waals surface area contributed by atoms with Crippen molar-refractivity contribution in [1.29, 1.82) is 0 Å². The Kier molecular flexibility index (Phi) is 4.81. The van der Waals surface area contributed by atoms with Gasteiger partial charge in [0, 0.05) is 11.1 Å². The number of rotatable bonds is 5. The highest BCUT2D eigenvalue weighted by Crippen LogP contribution is 2.35. The number of ether oxygens (including phenoxy) is 1. The van der Waals surface area contributed by atoms with E-state index in [9.17, 15) is 9.59 Å². The summed E-state index contributed by atoms with van der Waals surface area (Å²) in [4.78, 5) is 26.3. The maximum absolute atomic E-state index is 12.7. The van der Waals surface area contributed by atoms with Crippen molar-refractivity contribution in [2.45, 2.75) is 6.92 Å². The molecule has 0 atom stereocenters. The lowest BCUT2D eigenvalue weighted by Crippen LogP contribution is -2.15. The minimum absolute atomic E-state index is 0.251. The predicted octanol–water partition coefficient (Wildman–Crippen LogP) is 3.28. The van der Waals surface area contributed by atoms with Crippen molar-refractivity contribution in [3.63, 3.8) is 0 Å². The molecular weight excluding hydrogens is 378 g/mol. The number of nitrogens with zero attached hydrogens (tertiary/aromatic N) is 4. The SMILES string of the molecule is CCOC(=O)c1sc(-c2ccccc2)cc1NC(=O)c1ccc2nnnn2c1. The Morgan fingerprint density at radius 3 is 2.79 bits per heavy atom. The molecule has 0 bridgehead atoms. The number of thiophene rings is 1.